The molecule has 0 saturated heterocycles. The highest BCUT2D eigenvalue weighted by Gasteiger charge is 2.49. The van der Waals surface area contributed by atoms with Crippen LogP contribution in [0.2, 0.25) is 0 Å². The summed E-state index contributed by atoms with van der Waals surface area (Å²) < 4.78 is 0. The molecule has 80 valence electrons. The maximum atomic E-state index is 11.4. The van der Waals surface area contributed by atoms with Crippen LogP contribution >= 0.6 is 0 Å². The number of carbonyl (C=O) groups is 2. The molecule has 15 heavy (non-hydrogen) atoms. The first-order chi connectivity index (χ1) is 6.82. The molecule has 1 aliphatic heterocycles. The quantitative estimate of drug-likeness (QED) is 0.582. The third-order valence-corrected chi connectivity index (χ3v) is 2.68. The summed E-state index contributed by atoms with van der Waals surface area (Å²) in [5.41, 5.74) is 9.74. The lowest BCUT2D eigenvalue weighted by molar-refractivity contribution is -0.129. The minimum atomic E-state index is -0.984. The van der Waals surface area contributed by atoms with Crippen molar-refractivity contribution in [3.05, 3.63) is 0 Å². The second-order valence-corrected chi connectivity index (χ2v) is 4.09. The fourth-order valence-corrected chi connectivity index (χ4v) is 1.86. The van der Waals surface area contributed by atoms with Crippen molar-refractivity contribution in [2.24, 2.45) is 33.7 Å². The van der Waals surface area contributed by atoms with Gasteiger partial charge in [0.25, 0.3) is 5.91 Å². The minimum Gasteiger partial charge on any atom is -0.386 e. The van der Waals surface area contributed by atoms with Crippen LogP contribution in [0.1, 0.15) is 13.8 Å². The van der Waals surface area contributed by atoms with Gasteiger partial charge in [-0.2, -0.15) is 10.3 Å². The van der Waals surface area contributed by atoms with Crippen LogP contribution in [0, 0.1) is 28.6 Å². The molecule has 0 aromatic carbocycles. The Hall–Kier alpha value is -1.90. The molecule has 6 heteroatoms. The summed E-state index contributed by atoms with van der Waals surface area (Å²) in [6.07, 6.45) is 0. The number of amidine groups is 1. The molecular formula is C9H12N4O2. The van der Waals surface area contributed by atoms with Crippen molar-refractivity contribution in [2.45, 2.75) is 13.8 Å². The van der Waals surface area contributed by atoms with Crippen molar-refractivity contribution in [1.29, 1.82) is 5.26 Å². The molecule has 4 N–H and O–H groups in total. The van der Waals surface area contributed by atoms with Crippen molar-refractivity contribution in [3.63, 3.8) is 0 Å². The number of nitrogens with zero attached hydrogens (tertiary/aromatic N) is 2. The van der Waals surface area contributed by atoms with E-state index in [1.54, 1.807) is 13.8 Å². The zero-order valence-electron chi connectivity index (χ0n) is 8.52. The van der Waals surface area contributed by atoms with E-state index in [0.717, 1.165) is 0 Å². The predicted octanol–water partition coefficient (Wildman–Crippen LogP) is -0.849. The smallest absolute Gasteiger partial charge is 0.265 e. The summed E-state index contributed by atoms with van der Waals surface area (Å²) in [5.74, 6) is -3.25. The van der Waals surface area contributed by atoms with Gasteiger partial charge in [-0.25, -0.2) is 0 Å². The Kier molecular flexibility index (Phi) is 2.50. The highest BCUT2D eigenvalue weighted by Crippen LogP contribution is 2.38. The summed E-state index contributed by atoms with van der Waals surface area (Å²) >= 11 is 0. The average molecular weight is 208 g/mol. The van der Waals surface area contributed by atoms with Gasteiger partial charge in [-0.3, -0.25) is 9.59 Å². The molecule has 2 unspecified atom stereocenters. The summed E-state index contributed by atoms with van der Waals surface area (Å²) in [4.78, 5) is 26.0. The van der Waals surface area contributed by atoms with E-state index in [-0.39, 0.29) is 5.84 Å². The Labute approximate surface area is 86.9 Å². The number of primary amides is 1. The van der Waals surface area contributed by atoms with E-state index in [9.17, 15) is 9.59 Å². The zero-order chi connectivity index (χ0) is 11.8. The van der Waals surface area contributed by atoms with Crippen LogP contribution in [-0.2, 0) is 9.59 Å². The Morgan fingerprint density at radius 2 is 2.13 bits per heavy atom. The zero-order valence-corrected chi connectivity index (χ0v) is 8.52. The van der Waals surface area contributed by atoms with Crippen LogP contribution < -0.4 is 11.5 Å². The molecular weight excluding hydrogens is 196 g/mol. The average Bonchev–Trinajstić information content (AvgIpc) is 2.00. The van der Waals surface area contributed by atoms with Crippen LogP contribution in [0.25, 0.3) is 0 Å². The van der Waals surface area contributed by atoms with E-state index in [4.69, 9.17) is 16.7 Å². The number of hydrogen-bond donors (Lipinski definition) is 2. The predicted molar refractivity (Wildman–Crippen MR) is 52.2 cm³/mol. The molecule has 2 atom stereocenters. The van der Waals surface area contributed by atoms with Crippen molar-refractivity contribution in [1.82, 2.24) is 0 Å². The van der Waals surface area contributed by atoms with Gasteiger partial charge in [-0.15, -0.1) is 0 Å². The van der Waals surface area contributed by atoms with Gasteiger partial charge in [0.15, 0.2) is 0 Å². The van der Waals surface area contributed by atoms with E-state index in [2.05, 4.69) is 4.99 Å². The molecule has 0 aromatic heterocycles. The molecule has 0 aliphatic carbocycles. The largest absolute Gasteiger partial charge is 0.386 e. The van der Waals surface area contributed by atoms with E-state index < -0.39 is 29.1 Å². The Bertz CT molecular complexity index is 391. The first kappa shape index (κ1) is 11.2. The Morgan fingerprint density at radius 3 is 2.53 bits per heavy atom. The summed E-state index contributed by atoms with van der Waals surface area (Å²) in [6.45, 7) is 3.21. The van der Waals surface area contributed by atoms with Crippen LogP contribution in [0.3, 0.4) is 0 Å². The summed E-state index contributed by atoms with van der Waals surface area (Å²) in [5, 5.41) is 8.85. The summed E-state index contributed by atoms with van der Waals surface area (Å²) in [7, 11) is 0. The number of amides is 2. The van der Waals surface area contributed by atoms with Crippen molar-refractivity contribution >= 4 is 17.6 Å². The Balaban J connectivity index is 3.31. The monoisotopic (exact) mass is 208 g/mol. The molecule has 0 fully saturated rings. The molecule has 0 radical (unpaired) electrons. The fourth-order valence-electron chi connectivity index (χ4n) is 1.86. The van der Waals surface area contributed by atoms with E-state index in [0.29, 0.717) is 0 Å². The summed E-state index contributed by atoms with van der Waals surface area (Å²) in [6, 6.07) is 1.83. The fraction of sp³-hybridized carbons (Fsp3) is 0.556. The minimum absolute atomic E-state index is 0.107. The van der Waals surface area contributed by atoms with Crippen molar-refractivity contribution < 1.29 is 9.59 Å². The van der Waals surface area contributed by atoms with E-state index >= 15 is 0 Å². The third kappa shape index (κ3) is 1.56. The number of nitrogens with two attached hydrogens (primary N) is 2. The highest BCUT2D eigenvalue weighted by molar-refractivity contribution is 6.09. The maximum Gasteiger partial charge on any atom is 0.265 e. The molecule has 1 rings (SSSR count). The molecule has 6 nitrogen and oxygen atoms in total. The van der Waals surface area contributed by atoms with Gasteiger partial charge < -0.3 is 11.5 Å². The molecule has 1 aliphatic rings. The lowest BCUT2D eigenvalue weighted by Gasteiger charge is -2.36. The normalized spacial score (nSPS) is 29.1. The molecule has 0 spiro atoms. The molecule has 0 saturated carbocycles. The maximum absolute atomic E-state index is 11.4. The standard InChI is InChI=1S/C9H12N4O2/c1-9(2)4(3-10)8(15)13-6(11)5(9)7(12)14/h4-5H,1-2H3,(H2,12,14)(H2,11,13,15). The SMILES string of the molecule is CC1(C)C(C#N)C(=O)N=C(N)C1C(N)=O. The second-order valence-electron chi connectivity index (χ2n) is 4.09. The topological polar surface area (TPSA) is 122 Å². The molecule has 2 amide bonds. The lowest BCUT2D eigenvalue weighted by Crippen LogP contribution is -2.52. The van der Waals surface area contributed by atoms with Crippen LogP contribution in [0.15, 0.2) is 4.99 Å². The van der Waals surface area contributed by atoms with Crippen molar-refractivity contribution in [2.75, 3.05) is 0 Å². The van der Waals surface area contributed by atoms with Crippen LogP contribution in [0.5, 0.6) is 0 Å². The van der Waals surface area contributed by atoms with Crippen molar-refractivity contribution in [3.8, 4) is 6.07 Å². The third-order valence-electron chi connectivity index (χ3n) is 2.68. The van der Waals surface area contributed by atoms with E-state index in [1.807, 2.05) is 6.07 Å². The van der Waals surface area contributed by atoms with Gasteiger partial charge in [0.2, 0.25) is 5.91 Å². The molecule has 0 bridgehead atoms. The lowest BCUT2D eigenvalue weighted by atomic mass is 9.67. The molecule has 1 heterocycles. The van der Waals surface area contributed by atoms with Gasteiger partial charge in [0.05, 0.1) is 6.07 Å². The second kappa shape index (κ2) is 3.35. The van der Waals surface area contributed by atoms with E-state index in [1.165, 1.54) is 0 Å². The van der Waals surface area contributed by atoms with Gasteiger partial charge in [-0.1, -0.05) is 13.8 Å². The highest BCUT2D eigenvalue weighted by atomic mass is 16.2. The van der Waals surface area contributed by atoms with Gasteiger partial charge in [0, 0.05) is 5.41 Å². The number of rotatable bonds is 1. The number of hydrogen-bond acceptors (Lipinski definition) is 4. The first-order valence-electron chi connectivity index (χ1n) is 4.39. The van der Waals surface area contributed by atoms with Gasteiger partial charge in [-0.05, 0) is 0 Å². The number of aliphatic imine (C=N–C) groups is 1. The van der Waals surface area contributed by atoms with Crippen LogP contribution in [-0.4, -0.2) is 17.6 Å². The Morgan fingerprint density at radius 1 is 1.60 bits per heavy atom. The molecule has 0 aromatic rings. The van der Waals surface area contributed by atoms with Gasteiger partial charge >= 0.3 is 0 Å². The number of nitriles is 1. The van der Waals surface area contributed by atoms with Crippen LogP contribution in [0.4, 0.5) is 0 Å². The first-order valence-corrected chi connectivity index (χ1v) is 4.39. The number of carbonyl (C=O) groups excluding carboxylic acids is 2. The van der Waals surface area contributed by atoms with Gasteiger partial charge in [0.1, 0.15) is 17.7 Å².